The topological polar surface area (TPSA) is 29.5 Å². The Morgan fingerprint density at radius 1 is 1.36 bits per heavy atom. The number of hydrogen-bond acceptors (Lipinski definition) is 2. The Hall–Kier alpha value is -1.02. The summed E-state index contributed by atoms with van der Waals surface area (Å²) < 4.78 is 5.37. The van der Waals surface area contributed by atoms with Crippen molar-refractivity contribution >= 4 is 0 Å². The van der Waals surface area contributed by atoms with Crippen molar-refractivity contribution in [3.05, 3.63) is 29.8 Å². The van der Waals surface area contributed by atoms with Gasteiger partial charge in [0.05, 0.1) is 0 Å². The maximum Gasteiger partial charge on any atom is 0.126 e. The zero-order valence-electron chi connectivity index (χ0n) is 6.32. The highest BCUT2D eigenvalue weighted by Gasteiger charge is 2.28. The molecule has 1 N–H and O–H groups in total. The summed E-state index contributed by atoms with van der Waals surface area (Å²) in [6.07, 6.45) is -0.557. The summed E-state index contributed by atoms with van der Waals surface area (Å²) in [4.78, 5) is 0. The lowest BCUT2D eigenvalue weighted by atomic mass is 10.1. The molecule has 1 aliphatic rings. The van der Waals surface area contributed by atoms with Crippen LogP contribution in [0.3, 0.4) is 0 Å². The van der Waals surface area contributed by atoms with Crippen LogP contribution in [0.1, 0.15) is 18.6 Å². The van der Waals surface area contributed by atoms with E-state index in [-0.39, 0.29) is 6.10 Å². The van der Waals surface area contributed by atoms with Crippen LogP contribution >= 0.6 is 0 Å². The van der Waals surface area contributed by atoms with E-state index in [1.807, 2.05) is 31.2 Å². The molecule has 0 amide bonds. The summed E-state index contributed by atoms with van der Waals surface area (Å²) in [5.74, 6) is 0.813. The molecule has 2 atom stereocenters. The summed E-state index contributed by atoms with van der Waals surface area (Å²) in [5.41, 5.74) is 0.903. The van der Waals surface area contributed by atoms with Gasteiger partial charge in [-0.3, -0.25) is 0 Å². The molecule has 1 aromatic carbocycles. The maximum absolute atomic E-state index is 9.52. The van der Waals surface area contributed by atoms with Crippen LogP contribution in [0.5, 0.6) is 5.75 Å². The highest BCUT2D eigenvalue weighted by molar-refractivity contribution is 5.39. The Bertz CT molecular complexity index is 270. The molecular formula is C9H10O2. The van der Waals surface area contributed by atoms with Gasteiger partial charge in [0, 0.05) is 5.56 Å². The molecule has 0 aliphatic carbocycles. The van der Waals surface area contributed by atoms with E-state index in [9.17, 15) is 5.11 Å². The van der Waals surface area contributed by atoms with Crippen LogP contribution in [-0.4, -0.2) is 11.2 Å². The lowest BCUT2D eigenvalue weighted by Gasteiger charge is -2.06. The van der Waals surface area contributed by atoms with Gasteiger partial charge < -0.3 is 9.84 Å². The van der Waals surface area contributed by atoms with Gasteiger partial charge in [-0.15, -0.1) is 0 Å². The van der Waals surface area contributed by atoms with Crippen LogP contribution in [0.25, 0.3) is 0 Å². The molecule has 0 radical (unpaired) electrons. The molecule has 0 fully saturated rings. The van der Waals surface area contributed by atoms with Gasteiger partial charge in [0.15, 0.2) is 0 Å². The molecule has 2 nitrogen and oxygen atoms in total. The Balaban J connectivity index is 2.47. The molecular weight excluding hydrogens is 140 g/mol. The number of aliphatic hydroxyl groups excluding tert-OH is 1. The third-order valence-corrected chi connectivity index (χ3v) is 2.00. The van der Waals surface area contributed by atoms with E-state index in [0.717, 1.165) is 11.3 Å². The highest BCUT2D eigenvalue weighted by atomic mass is 16.5. The van der Waals surface area contributed by atoms with Crippen LogP contribution in [0.4, 0.5) is 0 Å². The fourth-order valence-electron chi connectivity index (χ4n) is 1.35. The second-order valence-electron chi connectivity index (χ2n) is 2.81. The quantitative estimate of drug-likeness (QED) is 0.607. The first-order chi connectivity index (χ1) is 5.29. The van der Waals surface area contributed by atoms with Crippen molar-refractivity contribution in [3.63, 3.8) is 0 Å². The zero-order chi connectivity index (χ0) is 7.84. The molecule has 0 saturated heterocycles. The number of hydrogen-bond donors (Lipinski definition) is 1. The number of fused-ring (bicyclic) bond motifs is 1. The first-order valence-corrected chi connectivity index (χ1v) is 3.72. The van der Waals surface area contributed by atoms with Gasteiger partial charge in [0.1, 0.15) is 18.0 Å². The lowest BCUT2D eigenvalue weighted by molar-refractivity contribution is 0.0796. The summed E-state index contributed by atoms with van der Waals surface area (Å²) in [7, 11) is 0. The molecule has 0 bridgehead atoms. The van der Waals surface area contributed by atoms with Crippen molar-refractivity contribution in [3.8, 4) is 5.75 Å². The summed E-state index contributed by atoms with van der Waals surface area (Å²) in [6.45, 7) is 1.87. The number of benzene rings is 1. The predicted molar refractivity (Wildman–Crippen MR) is 41.5 cm³/mol. The predicted octanol–water partition coefficient (Wildman–Crippen LogP) is 1.50. The van der Waals surface area contributed by atoms with E-state index in [4.69, 9.17) is 4.74 Å². The average Bonchev–Trinajstić information content (AvgIpc) is 2.30. The Kier molecular flexibility index (Phi) is 1.36. The molecule has 2 unspecified atom stereocenters. The third kappa shape index (κ3) is 0.906. The molecule has 11 heavy (non-hydrogen) atoms. The second kappa shape index (κ2) is 2.24. The summed E-state index contributed by atoms with van der Waals surface area (Å²) in [5, 5.41) is 9.52. The Morgan fingerprint density at radius 3 is 2.82 bits per heavy atom. The van der Waals surface area contributed by atoms with Gasteiger partial charge in [-0.2, -0.15) is 0 Å². The van der Waals surface area contributed by atoms with Crippen LogP contribution in [0.15, 0.2) is 24.3 Å². The van der Waals surface area contributed by atoms with Crippen LogP contribution in [-0.2, 0) is 0 Å². The van der Waals surface area contributed by atoms with Gasteiger partial charge in [-0.1, -0.05) is 18.2 Å². The summed E-state index contributed by atoms with van der Waals surface area (Å²) in [6, 6.07) is 7.58. The number of para-hydroxylation sites is 1. The molecule has 0 spiro atoms. The minimum Gasteiger partial charge on any atom is -0.487 e. The standard InChI is InChI=1S/C9H10O2/c1-6-9(10)7-4-2-3-5-8(7)11-6/h2-6,9-10H,1H3. The van der Waals surface area contributed by atoms with Gasteiger partial charge in [-0.25, -0.2) is 0 Å². The number of aliphatic hydroxyl groups is 1. The van der Waals surface area contributed by atoms with E-state index < -0.39 is 6.10 Å². The lowest BCUT2D eigenvalue weighted by Crippen LogP contribution is -2.12. The van der Waals surface area contributed by atoms with E-state index in [2.05, 4.69) is 0 Å². The van der Waals surface area contributed by atoms with Crippen molar-refractivity contribution in [2.75, 3.05) is 0 Å². The second-order valence-corrected chi connectivity index (χ2v) is 2.81. The van der Waals surface area contributed by atoms with E-state index >= 15 is 0 Å². The van der Waals surface area contributed by atoms with Gasteiger partial charge >= 0.3 is 0 Å². The molecule has 0 aromatic heterocycles. The van der Waals surface area contributed by atoms with Gasteiger partial charge in [0.2, 0.25) is 0 Å². The number of ether oxygens (including phenoxy) is 1. The summed E-state index contributed by atoms with van der Waals surface area (Å²) >= 11 is 0. The molecule has 1 aromatic rings. The van der Waals surface area contributed by atoms with Crippen LogP contribution in [0, 0.1) is 0 Å². The molecule has 1 aliphatic heterocycles. The van der Waals surface area contributed by atoms with Crippen LogP contribution < -0.4 is 4.74 Å². The molecule has 2 rings (SSSR count). The molecule has 58 valence electrons. The van der Waals surface area contributed by atoms with Crippen molar-refractivity contribution in [1.82, 2.24) is 0 Å². The highest BCUT2D eigenvalue weighted by Crippen LogP contribution is 2.35. The Labute approximate surface area is 65.4 Å². The van der Waals surface area contributed by atoms with E-state index in [0.29, 0.717) is 0 Å². The molecule has 1 heterocycles. The normalized spacial score (nSPS) is 27.8. The maximum atomic E-state index is 9.52. The first-order valence-electron chi connectivity index (χ1n) is 3.72. The van der Waals surface area contributed by atoms with Crippen molar-refractivity contribution < 1.29 is 9.84 Å². The Morgan fingerprint density at radius 2 is 2.09 bits per heavy atom. The van der Waals surface area contributed by atoms with E-state index in [1.54, 1.807) is 0 Å². The zero-order valence-corrected chi connectivity index (χ0v) is 6.32. The average molecular weight is 150 g/mol. The minimum atomic E-state index is -0.453. The van der Waals surface area contributed by atoms with Crippen molar-refractivity contribution in [2.45, 2.75) is 19.1 Å². The first kappa shape index (κ1) is 6.68. The molecule has 2 heteroatoms. The smallest absolute Gasteiger partial charge is 0.126 e. The minimum absolute atomic E-state index is 0.104. The molecule has 0 saturated carbocycles. The number of rotatable bonds is 0. The van der Waals surface area contributed by atoms with Gasteiger partial charge in [0.25, 0.3) is 0 Å². The van der Waals surface area contributed by atoms with Crippen molar-refractivity contribution in [2.24, 2.45) is 0 Å². The fourth-order valence-corrected chi connectivity index (χ4v) is 1.35. The third-order valence-electron chi connectivity index (χ3n) is 2.00. The largest absolute Gasteiger partial charge is 0.487 e. The van der Waals surface area contributed by atoms with E-state index in [1.165, 1.54) is 0 Å². The fraction of sp³-hybridized carbons (Fsp3) is 0.333. The SMILES string of the molecule is CC1Oc2ccccc2C1O. The van der Waals surface area contributed by atoms with Crippen LogP contribution in [0.2, 0.25) is 0 Å². The van der Waals surface area contributed by atoms with Gasteiger partial charge in [-0.05, 0) is 13.0 Å². The monoisotopic (exact) mass is 150 g/mol. The van der Waals surface area contributed by atoms with Crippen molar-refractivity contribution in [1.29, 1.82) is 0 Å².